The number of ether oxygens (including phenoxy) is 2. The van der Waals surface area contributed by atoms with Gasteiger partial charge in [0.05, 0.1) is 12.8 Å². The molecule has 0 atom stereocenters. The third-order valence-electron chi connectivity index (χ3n) is 5.71. The Bertz CT molecular complexity index is 1450. The van der Waals surface area contributed by atoms with Crippen LogP contribution in [0.25, 0.3) is 10.2 Å². The zero-order valence-electron chi connectivity index (χ0n) is 19.0. The number of hydrogen-bond acceptors (Lipinski definition) is 7. The van der Waals surface area contributed by atoms with Gasteiger partial charge in [0.1, 0.15) is 26.9 Å². The Morgan fingerprint density at radius 1 is 1.22 bits per heavy atom. The Hall–Kier alpha value is -4.06. The summed E-state index contributed by atoms with van der Waals surface area (Å²) in [4.78, 5) is 29.5. The van der Waals surface area contributed by atoms with Crippen molar-refractivity contribution in [1.29, 1.82) is 0 Å². The Balaban J connectivity index is 1.39. The highest BCUT2D eigenvalue weighted by molar-refractivity contribution is 7.21. The quantitative estimate of drug-likeness (QED) is 0.335. The number of methoxy groups -OCH3 is 1. The molecule has 3 heterocycles. The fourth-order valence-corrected chi connectivity index (χ4v) is 4.83. The van der Waals surface area contributed by atoms with Gasteiger partial charge in [0.2, 0.25) is 0 Å². The first-order valence-electron chi connectivity index (χ1n) is 11.0. The number of nitrogens with one attached hydrogen (secondary N) is 1. The van der Waals surface area contributed by atoms with Crippen LogP contribution in [-0.2, 0) is 6.73 Å². The van der Waals surface area contributed by atoms with Crippen LogP contribution in [-0.4, -0.2) is 33.7 Å². The maximum atomic E-state index is 13.4. The largest absolute Gasteiger partial charge is 0.497 e. The Morgan fingerprint density at radius 2 is 1.94 bits per heavy atom. The molecule has 1 aromatic carbocycles. The van der Waals surface area contributed by atoms with Crippen LogP contribution < -0.4 is 20.5 Å². The average Bonchev–Trinajstić information content (AvgIpc) is 3.49. The summed E-state index contributed by atoms with van der Waals surface area (Å²) in [5.41, 5.74) is 6.07. The summed E-state index contributed by atoms with van der Waals surface area (Å²) in [6, 6.07) is 9.85. The summed E-state index contributed by atoms with van der Waals surface area (Å²) in [6.45, 7) is 0.0552. The molecular formula is C24H21F2N5O4S. The molecule has 5 rings (SSSR count). The minimum absolute atomic E-state index is 0.0430. The van der Waals surface area contributed by atoms with Crippen LogP contribution in [0.2, 0.25) is 0 Å². The van der Waals surface area contributed by atoms with Gasteiger partial charge in [0.15, 0.2) is 12.4 Å². The molecule has 3 N–H and O–H groups in total. The van der Waals surface area contributed by atoms with E-state index in [-0.39, 0.29) is 39.4 Å². The van der Waals surface area contributed by atoms with Crippen LogP contribution in [0.15, 0.2) is 42.6 Å². The molecule has 186 valence electrons. The predicted octanol–water partition coefficient (Wildman–Crippen LogP) is 4.70. The lowest BCUT2D eigenvalue weighted by Crippen LogP contribution is -2.18. The summed E-state index contributed by atoms with van der Waals surface area (Å²) < 4.78 is 39.0. The predicted molar refractivity (Wildman–Crippen MR) is 129 cm³/mol. The molecule has 4 aromatic rings. The van der Waals surface area contributed by atoms with E-state index in [0.717, 1.165) is 24.2 Å². The number of amides is 2. The second-order valence-electron chi connectivity index (χ2n) is 8.21. The number of hydrogen-bond donors (Lipinski definition) is 2. The van der Waals surface area contributed by atoms with E-state index >= 15 is 0 Å². The highest BCUT2D eigenvalue weighted by Gasteiger charge is 2.32. The molecule has 3 aromatic heterocycles. The van der Waals surface area contributed by atoms with E-state index in [4.69, 9.17) is 15.2 Å². The smallest absolute Gasteiger partial charge is 0.280 e. The fraction of sp³-hybridized carbons (Fsp3) is 0.250. The highest BCUT2D eigenvalue weighted by atomic mass is 32.1. The van der Waals surface area contributed by atoms with Gasteiger partial charge in [0, 0.05) is 11.6 Å². The molecule has 36 heavy (non-hydrogen) atoms. The molecule has 12 heteroatoms. The van der Waals surface area contributed by atoms with Gasteiger partial charge < -0.3 is 20.5 Å². The van der Waals surface area contributed by atoms with Crippen LogP contribution in [0.3, 0.4) is 0 Å². The van der Waals surface area contributed by atoms with Gasteiger partial charge in [-0.2, -0.15) is 5.10 Å². The summed E-state index contributed by atoms with van der Waals surface area (Å²) in [5.74, 6) is -0.0148. The number of halogens is 2. The number of pyridine rings is 1. The van der Waals surface area contributed by atoms with Crippen molar-refractivity contribution in [3.05, 3.63) is 64.4 Å². The Labute approximate surface area is 207 Å². The average molecular weight is 514 g/mol. The number of carbonyl (C=O) groups excluding carboxylic acids is 2. The first-order valence-corrected chi connectivity index (χ1v) is 11.8. The zero-order valence-corrected chi connectivity index (χ0v) is 19.9. The van der Waals surface area contributed by atoms with E-state index < -0.39 is 18.2 Å². The highest BCUT2D eigenvalue weighted by Crippen LogP contribution is 2.48. The van der Waals surface area contributed by atoms with Crippen molar-refractivity contribution >= 4 is 39.1 Å². The van der Waals surface area contributed by atoms with E-state index in [1.54, 1.807) is 37.6 Å². The van der Waals surface area contributed by atoms with Crippen LogP contribution in [0.1, 0.15) is 56.6 Å². The van der Waals surface area contributed by atoms with Crippen LogP contribution >= 0.6 is 11.3 Å². The molecule has 0 unspecified atom stereocenters. The van der Waals surface area contributed by atoms with E-state index in [1.807, 2.05) is 0 Å². The van der Waals surface area contributed by atoms with Crippen LogP contribution in [0, 0.1) is 0 Å². The number of nitrogens with zero attached hydrogens (tertiary/aromatic N) is 3. The number of nitrogens with two attached hydrogens (primary N) is 1. The number of benzene rings is 1. The van der Waals surface area contributed by atoms with Gasteiger partial charge in [-0.3, -0.25) is 9.59 Å². The van der Waals surface area contributed by atoms with Crippen molar-refractivity contribution < 1.29 is 27.8 Å². The zero-order chi connectivity index (χ0) is 25.4. The maximum Gasteiger partial charge on any atom is 0.280 e. The Morgan fingerprint density at radius 3 is 2.58 bits per heavy atom. The Kier molecular flexibility index (Phi) is 6.27. The summed E-state index contributed by atoms with van der Waals surface area (Å²) in [6.07, 6.45) is 0.476. The lowest BCUT2D eigenvalue weighted by atomic mass is 10.0. The third-order valence-corrected chi connectivity index (χ3v) is 6.81. The molecule has 0 bridgehead atoms. The monoisotopic (exact) mass is 513 g/mol. The molecule has 2 amide bonds. The van der Waals surface area contributed by atoms with E-state index in [2.05, 4.69) is 15.4 Å². The maximum absolute atomic E-state index is 13.4. The van der Waals surface area contributed by atoms with E-state index in [9.17, 15) is 18.4 Å². The van der Waals surface area contributed by atoms with Gasteiger partial charge in [-0.1, -0.05) is 0 Å². The number of anilines is 1. The molecular weight excluding hydrogens is 492 g/mol. The van der Waals surface area contributed by atoms with Crippen molar-refractivity contribution in [3.63, 3.8) is 0 Å². The number of thiophene rings is 1. The number of aromatic nitrogens is 3. The number of primary amides is 1. The van der Waals surface area contributed by atoms with Gasteiger partial charge in [0.25, 0.3) is 18.2 Å². The van der Waals surface area contributed by atoms with Gasteiger partial charge in [-0.15, -0.1) is 11.3 Å². The van der Waals surface area contributed by atoms with Crippen molar-refractivity contribution in [2.75, 3.05) is 12.4 Å². The standard InChI is InChI=1S/C24H21F2N5O4S/c1-34-13-4-6-14(7-5-13)35-11-31-9-8-16(30-31)23(33)29-19-18-15(12-2-3-12)10-17(21(25)26)28-24(18)36-20(19)22(27)32/h4-10,12,21H,2-3,11H2,1H3,(H2,27,32)(H,29,33). The molecule has 1 aliphatic carbocycles. The number of alkyl halides is 2. The molecule has 0 aliphatic heterocycles. The summed E-state index contributed by atoms with van der Waals surface area (Å²) >= 11 is 0.885. The second-order valence-corrected chi connectivity index (χ2v) is 9.20. The summed E-state index contributed by atoms with van der Waals surface area (Å²) in [5, 5.41) is 7.41. The topological polar surface area (TPSA) is 121 Å². The molecule has 0 radical (unpaired) electrons. The molecule has 1 saturated carbocycles. The first kappa shape index (κ1) is 23.7. The molecule has 0 saturated heterocycles. The minimum Gasteiger partial charge on any atom is -0.497 e. The minimum atomic E-state index is -2.76. The number of fused-ring (bicyclic) bond motifs is 1. The lowest BCUT2D eigenvalue weighted by molar-refractivity contribution is 0.100. The molecule has 9 nitrogen and oxygen atoms in total. The van der Waals surface area contributed by atoms with Crippen molar-refractivity contribution in [2.45, 2.75) is 31.9 Å². The van der Waals surface area contributed by atoms with Gasteiger partial charge in [-0.25, -0.2) is 18.4 Å². The second kappa shape index (κ2) is 9.53. The first-order chi connectivity index (χ1) is 17.3. The van der Waals surface area contributed by atoms with Crippen LogP contribution in [0.5, 0.6) is 11.5 Å². The number of carbonyl (C=O) groups is 2. The van der Waals surface area contributed by atoms with Crippen molar-refractivity contribution in [2.24, 2.45) is 5.73 Å². The third kappa shape index (κ3) is 4.71. The normalized spacial score (nSPS) is 13.2. The van der Waals surface area contributed by atoms with E-state index in [1.165, 1.54) is 16.8 Å². The fourth-order valence-electron chi connectivity index (χ4n) is 3.81. The number of rotatable bonds is 9. The summed E-state index contributed by atoms with van der Waals surface area (Å²) in [7, 11) is 1.57. The van der Waals surface area contributed by atoms with Crippen LogP contribution in [0.4, 0.5) is 14.5 Å². The SMILES string of the molecule is COc1ccc(OCn2ccc(C(=O)Nc3c(C(N)=O)sc4nc(C(F)F)cc(C5CC5)c34)n2)cc1. The lowest BCUT2D eigenvalue weighted by Gasteiger charge is -2.09. The van der Waals surface area contributed by atoms with Gasteiger partial charge in [-0.05, 0) is 60.7 Å². The van der Waals surface area contributed by atoms with Crippen molar-refractivity contribution in [1.82, 2.24) is 14.8 Å². The molecule has 1 aliphatic rings. The molecule has 1 fully saturated rings. The van der Waals surface area contributed by atoms with Gasteiger partial charge >= 0.3 is 0 Å². The van der Waals surface area contributed by atoms with E-state index in [0.29, 0.717) is 22.4 Å². The molecule has 0 spiro atoms. The van der Waals surface area contributed by atoms with Crippen molar-refractivity contribution in [3.8, 4) is 11.5 Å².